The highest BCUT2D eigenvalue weighted by Crippen LogP contribution is 2.12. The molecular formula is C41H74NO7+. The summed E-state index contributed by atoms with van der Waals surface area (Å²) in [4.78, 5) is 36.7. The number of ether oxygens (including phenoxy) is 3. The first-order chi connectivity index (χ1) is 23.6. The number of hydrogen-bond acceptors (Lipinski definition) is 6. The predicted molar refractivity (Wildman–Crippen MR) is 201 cm³/mol. The molecule has 2 unspecified atom stereocenters. The molecule has 0 heterocycles. The molecule has 1 N–H and O–H groups in total. The molecule has 284 valence electrons. The summed E-state index contributed by atoms with van der Waals surface area (Å²) in [6, 6.07) is -0.621. The number of carbonyl (C=O) groups is 3. The molecule has 0 aromatic rings. The Morgan fingerprint density at radius 1 is 0.612 bits per heavy atom. The summed E-state index contributed by atoms with van der Waals surface area (Å²) in [7, 11) is 5.50. The first kappa shape index (κ1) is 46.5. The van der Waals surface area contributed by atoms with Gasteiger partial charge in [-0.25, -0.2) is 4.79 Å². The fraction of sp³-hybridized carbons (Fsp3) is 0.780. The Balaban J connectivity index is 4.51. The summed E-state index contributed by atoms with van der Waals surface area (Å²) in [6.45, 7) is 4.61. The van der Waals surface area contributed by atoms with Crippen LogP contribution in [0.1, 0.15) is 155 Å². The molecule has 0 bridgehead atoms. The van der Waals surface area contributed by atoms with Gasteiger partial charge in [-0.15, -0.1) is 0 Å². The van der Waals surface area contributed by atoms with E-state index in [2.05, 4.69) is 44.2 Å². The van der Waals surface area contributed by atoms with Crippen molar-refractivity contribution >= 4 is 17.9 Å². The fourth-order valence-corrected chi connectivity index (χ4v) is 5.43. The molecule has 0 aliphatic rings. The molecule has 0 saturated heterocycles. The van der Waals surface area contributed by atoms with Gasteiger partial charge in [0.25, 0.3) is 0 Å². The van der Waals surface area contributed by atoms with Gasteiger partial charge >= 0.3 is 17.9 Å². The average molecular weight is 693 g/mol. The molecule has 0 aliphatic carbocycles. The number of allylic oxidation sites excluding steroid dienone is 6. The van der Waals surface area contributed by atoms with E-state index in [0.29, 0.717) is 19.3 Å². The summed E-state index contributed by atoms with van der Waals surface area (Å²) in [5, 5.41) is 9.58. The maximum absolute atomic E-state index is 12.6. The molecule has 0 amide bonds. The Kier molecular flexibility index (Phi) is 31.1. The quantitative estimate of drug-likeness (QED) is 0.0310. The number of carbonyl (C=O) groups excluding carboxylic acids is 2. The normalized spacial score (nSPS) is 13.4. The lowest BCUT2D eigenvalue weighted by atomic mass is 10.1. The van der Waals surface area contributed by atoms with Gasteiger partial charge < -0.3 is 23.8 Å². The molecule has 0 fully saturated rings. The Morgan fingerprint density at radius 3 is 1.71 bits per heavy atom. The third-order valence-corrected chi connectivity index (χ3v) is 8.53. The number of quaternary nitrogens is 1. The van der Waals surface area contributed by atoms with Crippen LogP contribution in [0.15, 0.2) is 36.5 Å². The van der Waals surface area contributed by atoms with Crippen molar-refractivity contribution in [2.75, 3.05) is 41.0 Å². The van der Waals surface area contributed by atoms with Crippen molar-refractivity contribution in [3.05, 3.63) is 36.5 Å². The van der Waals surface area contributed by atoms with Crippen molar-refractivity contribution in [1.82, 2.24) is 0 Å². The lowest BCUT2D eigenvalue weighted by Gasteiger charge is -2.31. The van der Waals surface area contributed by atoms with Crippen molar-refractivity contribution < 1.29 is 38.2 Å². The number of hydrogen-bond donors (Lipinski definition) is 1. The maximum Gasteiger partial charge on any atom is 0.362 e. The zero-order valence-corrected chi connectivity index (χ0v) is 32.1. The number of likely N-dealkylation sites (N-methyl/N-ethyl adjacent to an activating group) is 1. The van der Waals surface area contributed by atoms with Gasteiger partial charge in [0, 0.05) is 19.3 Å². The van der Waals surface area contributed by atoms with Crippen LogP contribution in [0.25, 0.3) is 0 Å². The van der Waals surface area contributed by atoms with E-state index in [9.17, 15) is 19.5 Å². The van der Waals surface area contributed by atoms with Gasteiger partial charge in [0.1, 0.15) is 6.61 Å². The molecule has 49 heavy (non-hydrogen) atoms. The number of carboxylic acids is 1. The topological polar surface area (TPSA) is 99.1 Å². The highest BCUT2D eigenvalue weighted by Gasteiger charge is 2.31. The summed E-state index contributed by atoms with van der Waals surface area (Å²) >= 11 is 0. The van der Waals surface area contributed by atoms with E-state index in [4.69, 9.17) is 14.2 Å². The first-order valence-electron chi connectivity index (χ1n) is 19.5. The molecule has 0 aliphatic heterocycles. The van der Waals surface area contributed by atoms with Crippen molar-refractivity contribution in [2.45, 2.75) is 167 Å². The van der Waals surface area contributed by atoms with Gasteiger partial charge in [0.15, 0.2) is 12.1 Å². The van der Waals surface area contributed by atoms with Gasteiger partial charge in [-0.05, 0) is 57.8 Å². The maximum atomic E-state index is 12.6. The summed E-state index contributed by atoms with van der Waals surface area (Å²) < 4.78 is 17.1. The Morgan fingerprint density at radius 2 is 1.12 bits per heavy atom. The van der Waals surface area contributed by atoms with Crippen LogP contribution in [0, 0.1) is 0 Å². The number of esters is 2. The van der Waals surface area contributed by atoms with E-state index < -0.39 is 18.1 Å². The second kappa shape index (κ2) is 32.7. The van der Waals surface area contributed by atoms with Crippen molar-refractivity contribution in [3.63, 3.8) is 0 Å². The third kappa shape index (κ3) is 31.3. The summed E-state index contributed by atoms with van der Waals surface area (Å²) in [6.07, 6.45) is 34.8. The second-order valence-corrected chi connectivity index (χ2v) is 14.2. The molecular weight excluding hydrogens is 618 g/mol. The minimum absolute atomic E-state index is 0.0411. The minimum Gasteiger partial charge on any atom is -0.477 e. The van der Waals surface area contributed by atoms with Gasteiger partial charge in [-0.2, -0.15) is 0 Å². The lowest BCUT2D eigenvalue weighted by molar-refractivity contribution is -0.887. The van der Waals surface area contributed by atoms with Gasteiger partial charge in [-0.3, -0.25) is 9.59 Å². The van der Waals surface area contributed by atoms with Crippen LogP contribution in [0.5, 0.6) is 0 Å². The lowest BCUT2D eigenvalue weighted by Crippen LogP contribution is -2.50. The van der Waals surface area contributed by atoms with E-state index in [1.165, 1.54) is 70.6 Å². The molecule has 0 saturated carbocycles. The van der Waals surface area contributed by atoms with Crippen LogP contribution in [0.2, 0.25) is 0 Å². The third-order valence-electron chi connectivity index (χ3n) is 8.53. The highest BCUT2D eigenvalue weighted by molar-refractivity contribution is 5.72. The molecule has 8 nitrogen and oxygen atoms in total. The number of unbranched alkanes of at least 4 members (excludes halogenated alkanes) is 14. The number of carboxylic acid groups (broad SMARTS) is 1. The van der Waals surface area contributed by atoms with Crippen LogP contribution in [-0.2, 0) is 28.6 Å². The molecule has 8 heteroatoms. The summed E-state index contributed by atoms with van der Waals surface area (Å²) in [5.41, 5.74) is 0. The smallest absolute Gasteiger partial charge is 0.362 e. The molecule has 2 atom stereocenters. The predicted octanol–water partition coefficient (Wildman–Crippen LogP) is 9.91. The van der Waals surface area contributed by atoms with Crippen molar-refractivity contribution in [3.8, 4) is 0 Å². The van der Waals surface area contributed by atoms with Crippen LogP contribution < -0.4 is 0 Å². The van der Waals surface area contributed by atoms with Gasteiger partial charge in [-0.1, -0.05) is 115 Å². The van der Waals surface area contributed by atoms with Crippen molar-refractivity contribution in [2.24, 2.45) is 0 Å². The number of nitrogens with zero attached hydrogens (tertiary/aromatic N) is 1. The first-order valence-corrected chi connectivity index (χ1v) is 19.5. The minimum atomic E-state index is -0.884. The largest absolute Gasteiger partial charge is 0.477 e. The standard InChI is InChI=1S/C41H73NO7/c1-6-8-10-12-14-16-18-20-22-23-25-27-29-31-39(43)48-36-37(35-47-34-33-38(41(45)46)42(3,4)5)49-40(44)32-30-28-26-24-21-19-17-15-13-11-9-7-2/h15,17,20,22,25,27,37-38H,6-14,16,18-19,21,23-24,26,28-36H2,1-5H3/p+1/b17-15+,22-20+,27-25+. The zero-order valence-electron chi connectivity index (χ0n) is 32.1. The van der Waals surface area contributed by atoms with Gasteiger partial charge in [0.05, 0.1) is 34.4 Å². The molecule has 0 spiro atoms. The van der Waals surface area contributed by atoms with Gasteiger partial charge in [0.2, 0.25) is 0 Å². The molecule has 0 aromatic heterocycles. The van der Waals surface area contributed by atoms with Crippen LogP contribution in [-0.4, -0.2) is 80.6 Å². The van der Waals surface area contributed by atoms with E-state index in [1.54, 1.807) is 0 Å². The van der Waals surface area contributed by atoms with E-state index in [0.717, 1.165) is 44.9 Å². The number of rotatable bonds is 34. The zero-order chi connectivity index (χ0) is 36.4. The fourth-order valence-electron chi connectivity index (χ4n) is 5.43. The van der Waals surface area contributed by atoms with Crippen LogP contribution in [0.4, 0.5) is 0 Å². The van der Waals surface area contributed by atoms with E-state index in [-0.39, 0.29) is 42.7 Å². The second-order valence-electron chi connectivity index (χ2n) is 14.2. The Labute approximate surface area is 300 Å². The summed E-state index contributed by atoms with van der Waals surface area (Å²) in [5.74, 6) is -1.57. The Bertz CT molecular complexity index is 906. The highest BCUT2D eigenvalue weighted by atomic mass is 16.6. The molecule has 0 radical (unpaired) electrons. The van der Waals surface area contributed by atoms with E-state index >= 15 is 0 Å². The Hall–Kier alpha value is -2.45. The van der Waals surface area contributed by atoms with Crippen LogP contribution in [0.3, 0.4) is 0 Å². The molecule has 0 aromatic carbocycles. The van der Waals surface area contributed by atoms with Crippen molar-refractivity contribution in [1.29, 1.82) is 0 Å². The monoisotopic (exact) mass is 693 g/mol. The molecule has 0 rings (SSSR count). The SMILES string of the molecule is CCCCC/C=C/CCCCCCCC(=O)OC(COCCC(C(=O)O)[N+](C)(C)C)COC(=O)CC/C=C/C/C=C/CCCCCCCC. The average Bonchev–Trinajstić information content (AvgIpc) is 3.05. The van der Waals surface area contributed by atoms with Crippen LogP contribution >= 0.6 is 0 Å². The van der Waals surface area contributed by atoms with E-state index in [1.807, 2.05) is 27.2 Å². The number of aliphatic carboxylic acids is 1.